The summed E-state index contributed by atoms with van der Waals surface area (Å²) in [7, 11) is 0. The van der Waals surface area contributed by atoms with Crippen LogP contribution < -0.4 is 11.2 Å². The summed E-state index contributed by atoms with van der Waals surface area (Å²) < 4.78 is 1.14. The quantitative estimate of drug-likeness (QED) is 0.724. The van der Waals surface area contributed by atoms with Crippen LogP contribution in [-0.2, 0) is 16.2 Å². The van der Waals surface area contributed by atoms with Crippen molar-refractivity contribution in [1.29, 1.82) is 0 Å². The van der Waals surface area contributed by atoms with Crippen molar-refractivity contribution in [1.82, 2.24) is 14.6 Å². The van der Waals surface area contributed by atoms with Gasteiger partial charge in [-0.15, -0.1) is 0 Å². The van der Waals surface area contributed by atoms with Gasteiger partial charge in [-0.25, -0.2) is 9.86 Å². The maximum atomic E-state index is 11.8. The number of aromatic nitrogens is 2. The molecule has 0 radical (unpaired) electrons. The van der Waals surface area contributed by atoms with E-state index in [0.29, 0.717) is 13.2 Å². The molecule has 1 saturated heterocycles. The molecule has 0 bridgehead atoms. The third-order valence-corrected chi connectivity index (χ3v) is 2.48. The monoisotopic (exact) mass is 239 g/mol. The summed E-state index contributed by atoms with van der Waals surface area (Å²) in [5.74, 6) is -0.293. The van der Waals surface area contributed by atoms with Crippen LogP contribution in [0.2, 0.25) is 0 Å². The van der Waals surface area contributed by atoms with E-state index in [2.05, 4.69) is 4.98 Å². The molecule has 92 valence electrons. The van der Waals surface area contributed by atoms with E-state index >= 15 is 0 Å². The van der Waals surface area contributed by atoms with Gasteiger partial charge in [-0.2, -0.15) is 0 Å². The molecule has 2 rings (SSSR count). The summed E-state index contributed by atoms with van der Waals surface area (Å²) in [6.45, 7) is 0.929. The largest absolute Gasteiger partial charge is 0.328 e. The van der Waals surface area contributed by atoms with Crippen LogP contribution in [0.3, 0.4) is 0 Å². The average molecular weight is 239 g/mol. The van der Waals surface area contributed by atoms with Crippen LogP contribution in [0.1, 0.15) is 12.8 Å². The zero-order valence-electron chi connectivity index (χ0n) is 9.22. The Kier molecular flexibility index (Phi) is 3.38. The average Bonchev–Trinajstić information content (AvgIpc) is 2.34. The molecule has 1 aliphatic rings. The normalized spacial score (nSPS) is 15.9. The summed E-state index contributed by atoms with van der Waals surface area (Å²) in [6, 6.07) is 1.20. The Labute approximate surface area is 96.6 Å². The van der Waals surface area contributed by atoms with Gasteiger partial charge in [0.2, 0.25) is 0 Å². The molecule has 0 spiro atoms. The van der Waals surface area contributed by atoms with Crippen molar-refractivity contribution in [2.75, 3.05) is 13.2 Å². The van der Waals surface area contributed by atoms with Gasteiger partial charge in [0.1, 0.15) is 6.54 Å². The predicted octanol–water partition coefficient (Wildman–Crippen LogP) is -0.909. The highest BCUT2D eigenvalue weighted by Gasteiger charge is 2.18. The highest BCUT2D eigenvalue weighted by molar-refractivity contribution is 5.74. The smallest absolute Gasteiger partial charge is 0.291 e. The first-order valence-corrected chi connectivity index (χ1v) is 5.40. The van der Waals surface area contributed by atoms with Gasteiger partial charge in [0, 0.05) is 18.8 Å². The molecule has 1 fully saturated rings. The van der Waals surface area contributed by atoms with Gasteiger partial charge in [-0.05, 0) is 12.8 Å². The van der Waals surface area contributed by atoms with Gasteiger partial charge < -0.3 is 0 Å². The standard InChI is InChI=1S/C10H13N3O4/c14-8-3-5-12(10(16)11-8)7-9(15)13-4-1-2-6-17-13/h3,5H,1-2,4,6-7H2,(H,11,14,16). The lowest BCUT2D eigenvalue weighted by Crippen LogP contribution is -2.40. The number of aromatic amines is 1. The number of hydrogen-bond donors (Lipinski definition) is 1. The number of hydroxylamine groups is 2. The summed E-state index contributed by atoms with van der Waals surface area (Å²) in [5, 5.41) is 1.26. The summed E-state index contributed by atoms with van der Waals surface area (Å²) in [5.41, 5.74) is -1.07. The zero-order valence-corrected chi connectivity index (χ0v) is 9.22. The van der Waals surface area contributed by atoms with Crippen LogP contribution in [0.5, 0.6) is 0 Å². The van der Waals surface area contributed by atoms with Crippen LogP contribution in [0.4, 0.5) is 0 Å². The van der Waals surface area contributed by atoms with Crippen LogP contribution in [0, 0.1) is 0 Å². The maximum absolute atomic E-state index is 11.8. The molecule has 0 saturated carbocycles. The van der Waals surface area contributed by atoms with Gasteiger partial charge in [0.15, 0.2) is 0 Å². The molecular formula is C10H13N3O4. The summed E-state index contributed by atoms with van der Waals surface area (Å²) >= 11 is 0. The van der Waals surface area contributed by atoms with Crippen molar-refractivity contribution < 1.29 is 9.63 Å². The summed E-state index contributed by atoms with van der Waals surface area (Å²) in [6.07, 6.45) is 3.12. The number of hydrogen-bond acceptors (Lipinski definition) is 4. The molecule has 1 aromatic rings. The SMILES string of the molecule is O=C(Cn1ccc(=O)[nH]c1=O)N1CCCCO1. The third kappa shape index (κ3) is 2.82. The Bertz CT molecular complexity index is 513. The van der Waals surface area contributed by atoms with E-state index in [0.717, 1.165) is 17.4 Å². The number of nitrogens with zero attached hydrogens (tertiary/aromatic N) is 2. The maximum Gasteiger partial charge on any atom is 0.328 e. The molecule has 17 heavy (non-hydrogen) atoms. The molecule has 1 aromatic heterocycles. The van der Waals surface area contributed by atoms with Gasteiger partial charge in [-0.3, -0.25) is 24.0 Å². The van der Waals surface area contributed by atoms with E-state index < -0.39 is 11.2 Å². The number of amides is 1. The van der Waals surface area contributed by atoms with Gasteiger partial charge in [0.05, 0.1) is 6.61 Å². The molecule has 0 aliphatic carbocycles. The van der Waals surface area contributed by atoms with E-state index in [1.807, 2.05) is 0 Å². The number of H-pyrrole nitrogens is 1. The van der Waals surface area contributed by atoms with Crippen molar-refractivity contribution in [3.05, 3.63) is 33.1 Å². The molecule has 1 aliphatic heterocycles. The van der Waals surface area contributed by atoms with Crippen LogP contribution >= 0.6 is 0 Å². The van der Waals surface area contributed by atoms with Crippen molar-refractivity contribution in [2.45, 2.75) is 19.4 Å². The lowest BCUT2D eigenvalue weighted by atomic mass is 10.3. The Morgan fingerprint density at radius 1 is 1.41 bits per heavy atom. The lowest BCUT2D eigenvalue weighted by molar-refractivity contribution is -0.197. The number of nitrogens with one attached hydrogen (secondary N) is 1. The molecule has 1 N–H and O–H groups in total. The first-order chi connectivity index (χ1) is 8.16. The van der Waals surface area contributed by atoms with Crippen molar-refractivity contribution >= 4 is 5.91 Å². The Morgan fingerprint density at radius 3 is 2.88 bits per heavy atom. The fourth-order valence-electron chi connectivity index (χ4n) is 1.59. The number of rotatable bonds is 2. The van der Waals surface area contributed by atoms with E-state index in [-0.39, 0.29) is 12.5 Å². The van der Waals surface area contributed by atoms with E-state index in [4.69, 9.17) is 4.84 Å². The molecule has 7 nitrogen and oxygen atoms in total. The predicted molar refractivity (Wildman–Crippen MR) is 58.2 cm³/mol. The molecule has 0 unspecified atom stereocenters. The first kappa shape index (κ1) is 11.6. The highest BCUT2D eigenvalue weighted by Crippen LogP contribution is 2.06. The summed E-state index contributed by atoms with van der Waals surface area (Å²) in [4.78, 5) is 41.2. The Balaban J connectivity index is 2.07. The van der Waals surface area contributed by atoms with Crippen molar-refractivity contribution in [3.63, 3.8) is 0 Å². The topological polar surface area (TPSA) is 84.4 Å². The van der Waals surface area contributed by atoms with Crippen LogP contribution in [-0.4, -0.2) is 33.7 Å². The first-order valence-electron chi connectivity index (χ1n) is 5.40. The fourth-order valence-corrected chi connectivity index (χ4v) is 1.59. The highest BCUT2D eigenvalue weighted by atomic mass is 16.7. The lowest BCUT2D eigenvalue weighted by Gasteiger charge is -2.25. The minimum absolute atomic E-state index is 0.129. The number of carbonyl (C=O) groups is 1. The van der Waals surface area contributed by atoms with Gasteiger partial charge >= 0.3 is 5.69 Å². The molecule has 2 heterocycles. The Hall–Kier alpha value is -1.89. The molecule has 0 atom stereocenters. The zero-order chi connectivity index (χ0) is 12.3. The molecule has 1 amide bonds. The molecule has 7 heteroatoms. The second-order valence-electron chi connectivity index (χ2n) is 3.77. The van der Waals surface area contributed by atoms with Gasteiger partial charge in [-0.1, -0.05) is 0 Å². The van der Waals surface area contributed by atoms with E-state index in [1.54, 1.807) is 0 Å². The number of carbonyl (C=O) groups excluding carboxylic acids is 1. The third-order valence-electron chi connectivity index (χ3n) is 2.48. The van der Waals surface area contributed by atoms with Crippen molar-refractivity contribution in [3.8, 4) is 0 Å². The molecular weight excluding hydrogens is 226 g/mol. The Morgan fingerprint density at radius 2 is 2.24 bits per heavy atom. The second kappa shape index (κ2) is 4.96. The van der Waals surface area contributed by atoms with E-state index in [9.17, 15) is 14.4 Å². The van der Waals surface area contributed by atoms with Gasteiger partial charge in [0.25, 0.3) is 11.5 Å². The fraction of sp³-hybridized carbons (Fsp3) is 0.500. The molecule has 0 aromatic carbocycles. The second-order valence-corrected chi connectivity index (χ2v) is 3.77. The minimum atomic E-state index is -0.595. The van der Waals surface area contributed by atoms with E-state index in [1.165, 1.54) is 17.3 Å². The van der Waals surface area contributed by atoms with Crippen LogP contribution in [0.15, 0.2) is 21.9 Å². The minimum Gasteiger partial charge on any atom is -0.291 e. The van der Waals surface area contributed by atoms with Crippen LogP contribution in [0.25, 0.3) is 0 Å². The van der Waals surface area contributed by atoms with Crippen molar-refractivity contribution in [2.24, 2.45) is 0 Å².